The fraction of sp³-hybridized carbons (Fsp3) is 0.348. The lowest BCUT2D eigenvalue weighted by Gasteiger charge is -2.17. The lowest BCUT2D eigenvalue weighted by molar-refractivity contribution is -0.115. The number of nitrogens with one attached hydrogen (secondary N) is 3. The molecule has 8 nitrogen and oxygen atoms in total. The first-order valence-corrected chi connectivity index (χ1v) is 10.9. The summed E-state index contributed by atoms with van der Waals surface area (Å²) in [6.07, 6.45) is 0.400. The highest BCUT2D eigenvalue weighted by Crippen LogP contribution is 2.39. The first kappa shape index (κ1) is 24.9. The van der Waals surface area contributed by atoms with Crippen molar-refractivity contribution in [1.82, 2.24) is 5.32 Å². The van der Waals surface area contributed by atoms with Crippen molar-refractivity contribution in [2.75, 3.05) is 30.5 Å². The summed E-state index contributed by atoms with van der Waals surface area (Å²) in [6, 6.07) is 10.2. The van der Waals surface area contributed by atoms with Crippen LogP contribution in [0, 0.1) is 0 Å². The van der Waals surface area contributed by atoms with Gasteiger partial charge in [-0.05, 0) is 69.4 Å². The number of anilines is 2. The zero-order chi connectivity index (χ0) is 23.5. The summed E-state index contributed by atoms with van der Waals surface area (Å²) in [4.78, 5) is 24.3. The summed E-state index contributed by atoms with van der Waals surface area (Å²) in [7, 11) is 0. The predicted molar refractivity (Wildman–Crippen MR) is 129 cm³/mol. The number of rotatable bonds is 10. The van der Waals surface area contributed by atoms with E-state index < -0.39 is 5.91 Å². The lowest BCUT2D eigenvalue weighted by Crippen LogP contribution is -2.34. The van der Waals surface area contributed by atoms with Crippen LogP contribution in [0.4, 0.5) is 11.4 Å². The normalized spacial score (nSPS) is 10.1. The van der Waals surface area contributed by atoms with Gasteiger partial charge in [0.1, 0.15) is 0 Å². The van der Waals surface area contributed by atoms with Crippen LogP contribution in [0.15, 0.2) is 36.4 Å². The van der Waals surface area contributed by atoms with Crippen LogP contribution in [-0.2, 0) is 4.79 Å². The molecule has 2 rings (SSSR count). The van der Waals surface area contributed by atoms with Crippen molar-refractivity contribution in [3.63, 3.8) is 0 Å². The number of carbonyl (C=O) groups is 2. The van der Waals surface area contributed by atoms with Crippen molar-refractivity contribution in [3.8, 4) is 17.2 Å². The second-order valence-corrected chi connectivity index (χ2v) is 6.90. The van der Waals surface area contributed by atoms with Crippen LogP contribution in [0.3, 0.4) is 0 Å². The van der Waals surface area contributed by atoms with E-state index in [2.05, 4.69) is 16.0 Å². The molecule has 2 aromatic rings. The number of benzene rings is 2. The molecule has 0 atom stereocenters. The maximum atomic E-state index is 12.8. The predicted octanol–water partition coefficient (Wildman–Crippen LogP) is 4.36. The number of carbonyl (C=O) groups excluding carboxylic acids is 2. The van der Waals surface area contributed by atoms with Crippen LogP contribution in [0.1, 0.15) is 44.5 Å². The summed E-state index contributed by atoms with van der Waals surface area (Å²) >= 11 is 5.27. The molecule has 3 N–H and O–H groups in total. The molecule has 172 valence electrons. The van der Waals surface area contributed by atoms with E-state index in [0.717, 1.165) is 0 Å². The third-order valence-corrected chi connectivity index (χ3v) is 4.35. The summed E-state index contributed by atoms with van der Waals surface area (Å²) in [5, 5.41) is 8.50. The summed E-state index contributed by atoms with van der Waals surface area (Å²) in [5.41, 5.74) is 1.67. The molecule has 0 saturated carbocycles. The number of amides is 2. The zero-order valence-electron chi connectivity index (χ0n) is 18.7. The van der Waals surface area contributed by atoms with Crippen LogP contribution in [-0.4, -0.2) is 36.7 Å². The van der Waals surface area contributed by atoms with E-state index in [1.54, 1.807) is 43.3 Å². The minimum atomic E-state index is -0.417. The Bertz CT molecular complexity index is 920. The molecule has 0 aliphatic rings. The average molecular weight is 460 g/mol. The van der Waals surface area contributed by atoms with Crippen molar-refractivity contribution < 1.29 is 23.8 Å². The maximum absolute atomic E-state index is 12.8. The van der Waals surface area contributed by atoms with Crippen molar-refractivity contribution in [1.29, 1.82) is 0 Å². The van der Waals surface area contributed by atoms with Gasteiger partial charge in [0.25, 0.3) is 5.91 Å². The van der Waals surface area contributed by atoms with Crippen molar-refractivity contribution in [2.24, 2.45) is 0 Å². The fourth-order valence-corrected chi connectivity index (χ4v) is 2.95. The molecule has 2 aromatic carbocycles. The van der Waals surface area contributed by atoms with Gasteiger partial charge >= 0.3 is 0 Å². The van der Waals surface area contributed by atoms with Crippen LogP contribution >= 0.6 is 12.2 Å². The van der Waals surface area contributed by atoms with Gasteiger partial charge in [-0.15, -0.1) is 0 Å². The smallest absolute Gasteiger partial charge is 0.257 e. The number of hydrogen-bond acceptors (Lipinski definition) is 6. The van der Waals surface area contributed by atoms with Gasteiger partial charge in [0, 0.05) is 23.4 Å². The van der Waals surface area contributed by atoms with Gasteiger partial charge in [-0.1, -0.05) is 6.92 Å². The average Bonchev–Trinajstić information content (AvgIpc) is 2.77. The van der Waals surface area contributed by atoms with Gasteiger partial charge in [0.2, 0.25) is 11.7 Å². The molecule has 0 unspecified atom stereocenters. The highest BCUT2D eigenvalue weighted by Gasteiger charge is 2.19. The number of hydrogen-bond donors (Lipinski definition) is 3. The van der Waals surface area contributed by atoms with Gasteiger partial charge in [-0.25, -0.2) is 0 Å². The van der Waals surface area contributed by atoms with E-state index in [0.29, 0.717) is 60.4 Å². The Hall–Kier alpha value is -3.33. The molecule has 0 aliphatic carbocycles. The van der Waals surface area contributed by atoms with E-state index in [4.69, 9.17) is 26.4 Å². The molecule has 2 amide bonds. The Kier molecular flexibility index (Phi) is 9.75. The Morgan fingerprint density at radius 3 is 1.78 bits per heavy atom. The molecule has 0 heterocycles. The Morgan fingerprint density at radius 1 is 0.812 bits per heavy atom. The molecule has 32 heavy (non-hydrogen) atoms. The number of ether oxygens (including phenoxy) is 3. The Morgan fingerprint density at radius 2 is 1.31 bits per heavy atom. The van der Waals surface area contributed by atoms with E-state index in [1.165, 1.54) is 0 Å². The van der Waals surface area contributed by atoms with Gasteiger partial charge in [-0.3, -0.25) is 14.9 Å². The standard InChI is InChI=1S/C23H29N3O5S/c1-5-20(27)24-16-9-11-17(12-10-16)25-23(32)26-22(28)15-13-18(29-6-2)21(31-8-4)19(14-15)30-7-3/h9-14H,5-8H2,1-4H3,(H,24,27)(H2,25,26,28,32). The van der Waals surface area contributed by atoms with Gasteiger partial charge in [0.05, 0.1) is 19.8 Å². The van der Waals surface area contributed by atoms with E-state index >= 15 is 0 Å². The van der Waals surface area contributed by atoms with Gasteiger partial charge in [-0.2, -0.15) is 0 Å². The second-order valence-electron chi connectivity index (χ2n) is 6.49. The quantitative estimate of drug-likeness (QED) is 0.454. The second kappa shape index (κ2) is 12.5. The number of thiocarbonyl (C=S) groups is 1. The Balaban J connectivity index is 2.12. The molecular weight excluding hydrogens is 430 g/mol. The minimum absolute atomic E-state index is 0.0679. The first-order valence-electron chi connectivity index (χ1n) is 10.5. The zero-order valence-corrected chi connectivity index (χ0v) is 19.6. The molecule has 9 heteroatoms. The highest BCUT2D eigenvalue weighted by atomic mass is 32.1. The summed E-state index contributed by atoms with van der Waals surface area (Å²) in [6.45, 7) is 8.59. The summed E-state index contributed by atoms with van der Waals surface area (Å²) in [5.74, 6) is 0.827. The minimum Gasteiger partial charge on any atom is -0.490 e. The van der Waals surface area contributed by atoms with Gasteiger partial charge in [0.15, 0.2) is 16.6 Å². The van der Waals surface area contributed by atoms with Crippen molar-refractivity contribution >= 4 is 40.5 Å². The van der Waals surface area contributed by atoms with E-state index in [1.807, 2.05) is 20.8 Å². The monoisotopic (exact) mass is 459 g/mol. The molecule has 0 fully saturated rings. The van der Waals surface area contributed by atoms with Crippen LogP contribution in [0.25, 0.3) is 0 Å². The topological polar surface area (TPSA) is 97.9 Å². The van der Waals surface area contributed by atoms with Crippen LogP contribution in [0.5, 0.6) is 17.2 Å². The molecule has 0 saturated heterocycles. The molecule has 0 radical (unpaired) electrons. The molecule has 0 spiro atoms. The highest BCUT2D eigenvalue weighted by molar-refractivity contribution is 7.80. The fourth-order valence-electron chi connectivity index (χ4n) is 2.74. The summed E-state index contributed by atoms with van der Waals surface area (Å²) < 4.78 is 17.0. The maximum Gasteiger partial charge on any atom is 0.257 e. The molecular formula is C23H29N3O5S. The third kappa shape index (κ3) is 7.12. The third-order valence-electron chi connectivity index (χ3n) is 4.15. The first-order chi connectivity index (χ1) is 15.4. The van der Waals surface area contributed by atoms with Crippen molar-refractivity contribution in [2.45, 2.75) is 34.1 Å². The lowest BCUT2D eigenvalue weighted by atomic mass is 10.1. The van der Waals surface area contributed by atoms with E-state index in [-0.39, 0.29) is 11.0 Å². The molecule has 0 aromatic heterocycles. The molecule has 0 bridgehead atoms. The largest absolute Gasteiger partial charge is 0.490 e. The van der Waals surface area contributed by atoms with Crippen LogP contribution in [0.2, 0.25) is 0 Å². The van der Waals surface area contributed by atoms with E-state index in [9.17, 15) is 9.59 Å². The van der Waals surface area contributed by atoms with Crippen molar-refractivity contribution in [3.05, 3.63) is 42.0 Å². The SMILES string of the molecule is CCOc1cc(C(=O)NC(=S)Nc2ccc(NC(=O)CC)cc2)cc(OCC)c1OCC. The molecule has 0 aliphatic heterocycles. The van der Waals surface area contributed by atoms with Gasteiger partial charge < -0.3 is 24.8 Å². The van der Waals surface area contributed by atoms with Crippen LogP contribution < -0.4 is 30.2 Å². The Labute approximate surface area is 193 Å².